The lowest BCUT2D eigenvalue weighted by molar-refractivity contribution is 0.490. The fourth-order valence-electron chi connectivity index (χ4n) is 2.58. The van der Waals surface area contributed by atoms with Crippen LogP contribution >= 0.6 is 0 Å². The first-order valence-electron chi connectivity index (χ1n) is 7.45. The quantitative estimate of drug-likeness (QED) is 0.830. The van der Waals surface area contributed by atoms with Crippen molar-refractivity contribution in [2.75, 3.05) is 6.54 Å². The van der Waals surface area contributed by atoms with Gasteiger partial charge in [0.25, 0.3) is 0 Å². The van der Waals surface area contributed by atoms with E-state index in [2.05, 4.69) is 54.5 Å². The van der Waals surface area contributed by atoms with E-state index < -0.39 is 0 Å². The highest BCUT2D eigenvalue weighted by molar-refractivity contribution is 5.22. The van der Waals surface area contributed by atoms with Gasteiger partial charge in [-0.2, -0.15) is 0 Å². The monoisotopic (exact) mass is 268 g/mol. The number of likely N-dealkylation sites (N-methyl/N-ethyl adjacent to an activating group) is 1. The second-order valence-corrected chi connectivity index (χ2v) is 5.35. The van der Waals surface area contributed by atoms with Crippen molar-refractivity contribution >= 4 is 0 Å². The summed E-state index contributed by atoms with van der Waals surface area (Å²) in [5.41, 5.74) is 4.08. The molecule has 2 nitrogen and oxygen atoms in total. The Balaban J connectivity index is 1.92. The van der Waals surface area contributed by atoms with Gasteiger partial charge in [0.1, 0.15) is 0 Å². The van der Waals surface area contributed by atoms with E-state index in [1.54, 1.807) is 0 Å². The van der Waals surface area contributed by atoms with Crippen molar-refractivity contribution in [1.82, 2.24) is 10.3 Å². The van der Waals surface area contributed by atoms with E-state index in [1.165, 1.54) is 16.7 Å². The number of hydrogen-bond donors (Lipinski definition) is 1. The van der Waals surface area contributed by atoms with Gasteiger partial charge in [-0.3, -0.25) is 4.98 Å². The zero-order valence-corrected chi connectivity index (χ0v) is 12.5. The zero-order valence-electron chi connectivity index (χ0n) is 12.5. The van der Waals surface area contributed by atoms with Crippen LogP contribution < -0.4 is 5.32 Å². The van der Waals surface area contributed by atoms with Crippen LogP contribution in [0.5, 0.6) is 0 Å². The molecule has 106 valence electrons. The molecule has 2 heteroatoms. The molecule has 1 aromatic heterocycles. The molecule has 20 heavy (non-hydrogen) atoms. The highest BCUT2D eigenvalue weighted by Crippen LogP contribution is 2.11. The Morgan fingerprint density at radius 3 is 2.70 bits per heavy atom. The van der Waals surface area contributed by atoms with Gasteiger partial charge >= 0.3 is 0 Å². The molecule has 0 aliphatic heterocycles. The van der Waals surface area contributed by atoms with Crippen molar-refractivity contribution in [2.24, 2.45) is 0 Å². The standard InChI is InChI=1S/C18H24N2/c1-3-20-18(13-17-8-5-11-19-14-17)10-9-16-7-4-6-15(2)12-16/h4-8,11-12,14,18,20H,3,9-10,13H2,1-2H3. The maximum atomic E-state index is 4.20. The van der Waals surface area contributed by atoms with Gasteiger partial charge in [0.15, 0.2) is 0 Å². The van der Waals surface area contributed by atoms with Crippen molar-refractivity contribution in [3.05, 3.63) is 65.5 Å². The van der Waals surface area contributed by atoms with Crippen molar-refractivity contribution < 1.29 is 0 Å². The van der Waals surface area contributed by atoms with Crippen LogP contribution in [0, 0.1) is 6.92 Å². The first-order chi connectivity index (χ1) is 9.78. The van der Waals surface area contributed by atoms with Gasteiger partial charge in [0.05, 0.1) is 0 Å². The predicted octanol–water partition coefficient (Wildman–Crippen LogP) is 3.54. The minimum absolute atomic E-state index is 0.518. The SMILES string of the molecule is CCNC(CCc1cccc(C)c1)Cc1cccnc1. The van der Waals surface area contributed by atoms with E-state index in [0.717, 1.165) is 25.8 Å². The van der Waals surface area contributed by atoms with Crippen LogP contribution in [0.25, 0.3) is 0 Å². The van der Waals surface area contributed by atoms with Crippen molar-refractivity contribution in [1.29, 1.82) is 0 Å². The molecule has 0 spiro atoms. The lowest BCUT2D eigenvalue weighted by Gasteiger charge is -2.18. The van der Waals surface area contributed by atoms with E-state index in [-0.39, 0.29) is 0 Å². The van der Waals surface area contributed by atoms with Crippen LogP contribution in [-0.4, -0.2) is 17.6 Å². The predicted molar refractivity (Wildman–Crippen MR) is 84.9 cm³/mol. The summed E-state index contributed by atoms with van der Waals surface area (Å²) in [5, 5.41) is 3.59. The maximum absolute atomic E-state index is 4.20. The molecule has 0 bridgehead atoms. The second-order valence-electron chi connectivity index (χ2n) is 5.35. The average molecular weight is 268 g/mol. The summed E-state index contributed by atoms with van der Waals surface area (Å²) in [4.78, 5) is 4.20. The Kier molecular flexibility index (Phi) is 5.75. The zero-order chi connectivity index (χ0) is 14.2. The van der Waals surface area contributed by atoms with Gasteiger partial charge in [0, 0.05) is 18.4 Å². The number of benzene rings is 1. The number of rotatable bonds is 7. The van der Waals surface area contributed by atoms with Gasteiger partial charge in [-0.1, -0.05) is 42.8 Å². The van der Waals surface area contributed by atoms with Gasteiger partial charge in [-0.15, -0.1) is 0 Å². The first kappa shape index (κ1) is 14.7. The Morgan fingerprint density at radius 1 is 1.15 bits per heavy atom. The Bertz CT molecular complexity index is 508. The van der Waals surface area contributed by atoms with Crippen LogP contribution in [-0.2, 0) is 12.8 Å². The van der Waals surface area contributed by atoms with Crippen molar-refractivity contribution in [3.8, 4) is 0 Å². The summed E-state index contributed by atoms with van der Waals surface area (Å²) in [7, 11) is 0. The van der Waals surface area contributed by atoms with Crippen LogP contribution in [0.2, 0.25) is 0 Å². The van der Waals surface area contributed by atoms with Crippen LogP contribution in [0.15, 0.2) is 48.8 Å². The molecule has 2 rings (SSSR count). The Hall–Kier alpha value is -1.67. The average Bonchev–Trinajstić information content (AvgIpc) is 2.46. The topological polar surface area (TPSA) is 24.9 Å². The number of aryl methyl sites for hydroxylation is 2. The van der Waals surface area contributed by atoms with E-state index in [4.69, 9.17) is 0 Å². The smallest absolute Gasteiger partial charge is 0.0300 e. The minimum atomic E-state index is 0.518. The molecule has 1 N–H and O–H groups in total. The fourth-order valence-corrected chi connectivity index (χ4v) is 2.58. The van der Waals surface area contributed by atoms with E-state index in [1.807, 2.05) is 18.5 Å². The van der Waals surface area contributed by atoms with E-state index in [0.29, 0.717) is 6.04 Å². The molecule has 0 saturated carbocycles. The molecule has 2 aromatic rings. The van der Waals surface area contributed by atoms with Gasteiger partial charge in [-0.25, -0.2) is 0 Å². The molecule has 1 unspecified atom stereocenters. The number of nitrogens with zero attached hydrogens (tertiary/aromatic N) is 1. The van der Waals surface area contributed by atoms with Gasteiger partial charge in [-0.05, 0) is 49.9 Å². The van der Waals surface area contributed by atoms with Gasteiger partial charge in [0.2, 0.25) is 0 Å². The lowest BCUT2D eigenvalue weighted by Crippen LogP contribution is -2.31. The summed E-state index contributed by atoms with van der Waals surface area (Å²) in [6.45, 7) is 5.34. The summed E-state index contributed by atoms with van der Waals surface area (Å²) < 4.78 is 0. The maximum Gasteiger partial charge on any atom is 0.0300 e. The normalized spacial score (nSPS) is 12.3. The fraction of sp³-hybridized carbons (Fsp3) is 0.389. The Morgan fingerprint density at radius 2 is 2.00 bits per heavy atom. The summed E-state index contributed by atoms with van der Waals surface area (Å²) in [6.07, 6.45) is 7.13. The highest BCUT2D eigenvalue weighted by atomic mass is 14.9. The van der Waals surface area contributed by atoms with E-state index >= 15 is 0 Å². The van der Waals surface area contributed by atoms with Gasteiger partial charge < -0.3 is 5.32 Å². The van der Waals surface area contributed by atoms with Crippen molar-refractivity contribution in [2.45, 2.75) is 39.2 Å². The van der Waals surface area contributed by atoms with Crippen molar-refractivity contribution in [3.63, 3.8) is 0 Å². The molecule has 1 heterocycles. The largest absolute Gasteiger partial charge is 0.314 e. The second kappa shape index (κ2) is 7.81. The number of pyridine rings is 1. The lowest BCUT2D eigenvalue weighted by atomic mass is 9.99. The minimum Gasteiger partial charge on any atom is -0.314 e. The molecular formula is C18H24N2. The Labute approximate surface area is 122 Å². The summed E-state index contributed by atoms with van der Waals surface area (Å²) in [5.74, 6) is 0. The summed E-state index contributed by atoms with van der Waals surface area (Å²) in [6, 6.07) is 13.5. The third-order valence-electron chi connectivity index (χ3n) is 3.56. The third-order valence-corrected chi connectivity index (χ3v) is 3.56. The molecular weight excluding hydrogens is 244 g/mol. The third kappa shape index (κ3) is 4.78. The summed E-state index contributed by atoms with van der Waals surface area (Å²) >= 11 is 0. The van der Waals surface area contributed by atoms with Crippen LogP contribution in [0.1, 0.15) is 30.0 Å². The molecule has 1 atom stereocenters. The number of hydrogen-bond acceptors (Lipinski definition) is 2. The molecule has 0 radical (unpaired) electrons. The van der Waals surface area contributed by atoms with Crippen LogP contribution in [0.3, 0.4) is 0 Å². The van der Waals surface area contributed by atoms with Crippen LogP contribution in [0.4, 0.5) is 0 Å². The van der Waals surface area contributed by atoms with E-state index in [9.17, 15) is 0 Å². The molecule has 0 amide bonds. The first-order valence-corrected chi connectivity index (χ1v) is 7.45. The molecule has 0 fully saturated rings. The molecule has 1 aromatic carbocycles. The molecule has 0 aliphatic carbocycles. The molecule has 0 aliphatic rings. The number of nitrogens with one attached hydrogen (secondary N) is 1. The highest BCUT2D eigenvalue weighted by Gasteiger charge is 2.09. The number of aromatic nitrogens is 1. The molecule has 0 saturated heterocycles.